The van der Waals surface area contributed by atoms with E-state index in [4.69, 9.17) is 4.74 Å². The SMILES string of the molecule is CC1OC(=O)CCCCCC[C@@H]1C. The fourth-order valence-electron chi connectivity index (χ4n) is 1.71. The van der Waals surface area contributed by atoms with Crippen LogP contribution in [0.2, 0.25) is 0 Å². The molecule has 0 spiro atoms. The Kier molecular flexibility index (Phi) is 4.26. The Morgan fingerprint density at radius 3 is 2.62 bits per heavy atom. The summed E-state index contributed by atoms with van der Waals surface area (Å²) < 4.78 is 5.30. The van der Waals surface area contributed by atoms with Gasteiger partial charge in [0.2, 0.25) is 0 Å². The Morgan fingerprint density at radius 1 is 1.15 bits per heavy atom. The molecule has 2 heteroatoms. The molecule has 1 fully saturated rings. The van der Waals surface area contributed by atoms with E-state index in [1.165, 1.54) is 25.7 Å². The molecule has 2 nitrogen and oxygen atoms in total. The molecule has 0 N–H and O–H groups in total. The summed E-state index contributed by atoms with van der Waals surface area (Å²) in [5.41, 5.74) is 0. The van der Waals surface area contributed by atoms with Crippen molar-refractivity contribution in [2.24, 2.45) is 5.92 Å². The number of esters is 1. The normalized spacial score (nSPS) is 32.3. The Morgan fingerprint density at radius 2 is 1.85 bits per heavy atom. The highest BCUT2D eigenvalue weighted by atomic mass is 16.5. The van der Waals surface area contributed by atoms with Crippen LogP contribution in [0.4, 0.5) is 0 Å². The van der Waals surface area contributed by atoms with Crippen molar-refractivity contribution in [3.8, 4) is 0 Å². The summed E-state index contributed by atoms with van der Waals surface area (Å²) in [4.78, 5) is 11.2. The molecule has 0 bridgehead atoms. The van der Waals surface area contributed by atoms with Crippen LogP contribution in [0.15, 0.2) is 0 Å². The van der Waals surface area contributed by atoms with E-state index < -0.39 is 0 Å². The number of carbonyl (C=O) groups is 1. The quantitative estimate of drug-likeness (QED) is 0.541. The van der Waals surface area contributed by atoms with Crippen LogP contribution >= 0.6 is 0 Å². The van der Waals surface area contributed by atoms with Gasteiger partial charge in [0.15, 0.2) is 0 Å². The van der Waals surface area contributed by atoms with E-state index in [9.17, 15) is 4.79 Å². The summed E-state index contributed by atoms with van der Waals surface area (Å²) in [5.74, 6) is 0.503. The van der Waals surface area contributed by atoms with Crippen LogP contribution in [-0.2, 0) is 9.53 Å². The fraction of sp³-hybridized carbons (Fsp3) is 0.909. The van der Waals surface area contributed by atoms with Crippen LogP contribution in [0, 0.1) is 5.92 Å². The third kappa shape index (κ3) is 3.79. The molecule has 1 rings (SSSR count). The number of cyclic esters (lactones) is 1. The Bertz CT molecular complexity index is 165. The topological polar surface area (TPSA) is 26.3 Å². The molecule has 0 aromatic rings. The first-order valence-electron chi connectivity index (χ1n) is 5.39. The first-order chi connectivity index (χ1) is 6.20. The lowest BCUT2D eigenvalue weighted by Gasteiger charge is -2.21. The molecule has 0 aromatic carbocycles. The van der Waals surface area contributed by atoms with Crippen LogP contribution in [-0.4, -0.2) is 12.1 Å². The van der Waals surface area contributed by atoms with Gasteiger partial charge in [0.1, 0.15) is 6.10 Å². The van der Waals surface area contributed by atoms with Crippen molar-refractivity contribution in [2.75, 3.05) is 0 Å². The lowest BCUT2D eigenvalue weighted by atomic mass is 9.97. The second-order valence-corrected chi connectivity index (χ2v) is 4.13. The summed E-state index contributed by atoms with van der Waals surface area (Å²) in [6.45, 7) is 4.17. The summed E-state index contributed by atoms with van der Waals surface area (Å²) >= 11 is 0. The second-order valence-electron chi connectivity index (χ2n) is 4.13. The number of carbonyl (C=O) groups excluding carboxylic acids is 1. The van der Waals surface area contributed by atoms with Gasteiger partial charge >= 0.3 is 5.97 Å². The van der Waals surface area contributed by atoms with E-state index in [2.05, 4.69) is 6.92 Å². The molecule has 76 valence electrons. The van der Waals surface area contributed by atoms with Gasteiger partial charge in [0.05, 0.1) is 0 Å². The maximum atomic E-state index is 11.2. The summed E-state index contributed by atoms with van der Waals surface area (Å²) in [7, 11) is 0. The average Bonchev–Trinajstić information content (AvgIpc) is 2.09. The largest absolute Gasteiger partial charge is 0.462 e. The van der Waals surface area contributed by atoms with Gasteiger partial charge in [-0.25, -0.2) is 0 Å². The third-order valence-electron chi connectivity index (χ3n) is 2.91. The lowest BCUT2D eigenvalue weighted by Crippen LogP contribution is -2.22. The molecule has 0 radical (unpaired) electrons. The van der Waals surface area contributed by atoms with E-state index in [1.54, 1.807) is 0 Å². The smallest absolute Gasteiger partial charge is 0.306 e. The van der Waals surface area contributed by atoms with Crippen LogP contribution < -0.4 is 0 Å². The van der Waals surface area contributed by atoms with Gasteiger partial charge < -0.3 is 4.74 Å². The van der Waals surface area contributed by atoms with Crippen LogP contribution in [0.3, 0.4) is 0 Å². The van der Waals surface area contributed by atoms with Gasteiger partial charge in [-0.1, -0.05) is 26.2 Å². The van der Waals surface area contributed by atoms with E-state index in [1.807, 2.05) is 6.92 Å². The van der Waals surface area contributed by atoms with Crippen molar-refractivity contribution in [1.82, 2.24) is 0 Å². The fourth-order valence-corrected chi connectivity index (χ4v) is 1.71. The molecule has 1 heterocycles. The summed E-state index contributed by atoms with van der Waals surface area (Å²) in [6, 6.07) is 0. The predicted octanol–water partition coefficient (Wildman–Crippen LogP) is 2.91. The molecule has 2 atom stereocenters. The predicted molar refractivity (Wildman–Crippen MR) is 52.4 cm³/mol. The maximum absolute atomic E-state index is 11.2. The third-order valence-corrected chi connectivity index (χ3v) is 2.91. The van der Waals surface area contributed by atoms with Gasteiger partial charge in [-0.3, -0.25) is 4.79 Å². The first-order valence-corrected chi connectivity index (χ1v) is 5.39. The minimum Gasteiger partial charge on any atom is -0.462 e. The average molecular weight is 184 g/mol. The molecule has 0 saturated carbocycles. The molecule has 1 aliphatic heterocycles. The molecule has 1 saturated heterocycles. The Labute approximate surface area is 80.7 Å². The van der Waals surface area contributed by atoms with Crippen molar-refractivity contribution >= 4 is 5.97 Å². The highest BCUT2D eigenvalue weighted by Crippen LogP contribution is 2.19. The van der Waals surface area contributed by atoms with Crippen LogP contribution in [0.5, 0.6) is 0 Å². The lowest BCUT2D eigenvalue weighted by molar-refractivity contribution is -0.151. The standard InChI is InChI=1S/C11H20O2/c1-9-7-5-3-4-6-8-11(12)13-10(9)2/h9-10H,3-8H2,1-2H3/t9-,10?/m0/s1. The number of hydrogen-bond acceptors (Lipinski definition) is 2. The zero-order valence-corrected chi connectivity index (χ0v) is 8.71. The van der Waals surface area contributed by atoms with Crippen molar-refractivity contribution in [3.05, 3.63) is 0 Å². The van der Waals surface area contributed by atoms with Gasteiger partial charge in [0, 0.05) is 6.42 Å². The van der Waals surface area contributed by atoms with Gasteiger partial charge in [0.25, 0.3) is 0 Å². The van der Waals surface area contributed by atoms with Crippen molar-refractivity contribution < 1.29 is 9.53 Å². The first kappa shape index (κ1) is 10.6. The maximum Gasteiger partial charge on any atom is 0.306 e. The molecule has 0 aliphatic carbocycles. The van der Waals surface area contributed by atoms with E-state index in [-0.39, 0.29) is 12.1 Å². The molecule has 13 heavy (non-hydrogen) atoms. The molecule has 0 amide bonds. The number of hydrogen-bond donors (Lipinski definition) is 0. The minimum absolute atomic E-state index is 0.0127. The highest BCUT2D eigenvalue weighted by Gasteiger charge is 2.17. The van der Waals surface area contributed by atoms with Crippen LogP contribution in [0.25, 0.3) is 0 Å². The molecule has 1 unspecified atom stereocenters. The molecular formula is C11H20O2. The highest BCUT2D eigenvalue weighted by molar-refractivity contribution is 5.69. The zero-order chi connectivity index (χ0) is 9.68. The summed E-state index contributed by atoms with van der Waals surface area (Å²) in [6.07, 6.45) is 6.63. The zero-order valence-electron chi connectivity index (χ0n) is 8.71. The molecule has 0 aromatic heterocycles. The van der Waals surface area contributed by atoms with Gasteiger partial charge in [-0.15, -0.1) is 0 Å². The number of ether oxygens (including phenoxy) is 1. The van der Waals surface area contributed by atoms with Crippen molar-refractivity contribution in [1.29, 1.82) is 0 Å². The van der Waals surface area contributed by atoms with E-state index >= 15 is 0 Å². The molecular weight excluding hydrogens is 164 g/mol. The Balaban J connectivity index is 2.42. The second kappa shape index (κ2) is 5.25. The molecule has 1 aliphatic rings. The van der Waals surface area contributed by atoms with Crippen molar-refractivity contribution in [3.63, 3.8) is 0 Å². The number of rotatable bonds is 0. The Hall–Kier alpha value is -0.530. The van der Waals surface area contributed by atoms with Crippen molar-refractivity contribution in [2.45, 2.75) is 58.5 Å². The van der Waals surface area contributed by atoms with E-state index in [0.29, 0.717) is 12.3 Å². The van der Waals surface area contributed by atoms with E-state index in [0.717, 1.165) is 6.42 Å². The van der Waals surface area contributed by atoms with Gasteiger partial charge in [-0.05, 0) is 25.7 Å². The monoisotopic (exact) mass is 184 g/mol. The van der Waals surface area contributed by atoms with Gasteiger partial charge in [-0.2, -0.15) is 0 Å². The minimum atomic E-state index is -0.0127. The van der Waals surface area contributed by atoms with Crippen LogP contribution in [0.1, 0.15) is 52.4 Å². The summed E-state index contributed by atoms with van der Waals surface area (Å²) in [5, 5.41) is 0.